The van der Waals surface area contributed by atoms with Crippen LogP contribution in [0.15, 0.2) is 53.9 Å². The maximum atomic E-state index is 14.0. The van der Waals surface area contributed by atoms with E-state index in [1.165, 1.54) is 29.5 Å². The SMILES string of the molecule is O=C(C[N+]12CCC(CC1)C(OC(=O)N(Cc1cc(F)c(F)c(F)c1)c1cccc(F)c1)C2)c1cccs1.O=C(O)C(=O)O. The van der Waals surface area contributed by atoms with Gasteiger partial charge in [0.25, 0.3) is 0 Å². The van der Waals surface area contributed by atoms with Gasteiger partial charge in [-0.1, -0.05) is 12.1 Å². The molecule has 3 saturated heterocycles. The highest BCUT2D eigenvalue weighted by molar-refractivity contribution is 7.12. The second-order valence-electron chi connectivity index (χ2n) is 10.3. The number of amides is 1. The number of rotatable bonds is 7. The predicted octanol–water partition coefficient (Wildman–Crippen LogP) is 5.10. The minimum Gasteiger partial charge on any atom is -0.473 e. The minimum atomic E-state index is -1.82. The van der Waals surface area contributed by atoms with Gasteiger partial charge in [-0.2, -0.15) is 0 Å². The number of carboxylic acids is 2. The summed E-state index contributed by atoms with van der Waals surface area (Å²) in [6.45, 7) is 2.08. The summed E-state index contributed by atoms with van der Waals surface area (Å²) >= 11 is 1.40. The molecule has 1 amide bonds. The molecule has 9 nitrogen and oxygen atoms in total. The maximum absolute atomic E-state index is 14.0. The number of ketones is 1. The lowest BCUT2D eigenvalue weighted by Crippen LogP contribution is -2.66. The second kappa shape index (κ2) is 13.3. The number of thiophene rings is 1. The molecule has 3 aliphatic rings. The molecule has 1 unspecified atom stereocenters. The van der Waals surface area contributed by atoms with Gasteiger partial charge in [0.2, 0.25) is 5.78 Å². The smallest absolute Gasteiger partial charge is 0.415 e. The standard InChI is InChI=1S/C27H25F4N2O3S.C2H2O4/c28-19-3-1-4-20(13-19)32(14-17-11-21(29)26(31)22(30)12-17)27(35)36-24-16-33(8-6-18(24)7-9-33)15-23(34)25-5-2-10-37-25;3-1(4)2(5)6/h1-5,10-13,18,24H,6-9,14-16H2;(H,3,4)(H,5,6)/q+1;. The van der Waals surface area contributed by atoms with Crippen LogP contribution >= 0.6 is 11.3 Å². The van der Waals surface area contributed by atoms with E-state index in [-0.39, 0.29) is 29.5 Å². The minimum absolute atomic E-state index is 0.0171. The van der Waals surface area contributed by atoms with Crippen molar-refractivity contribution in [1.29, 1.82) is 0 Å². The largest absolute Gasteiger partial charge is 0.473 e. The number of carbonyl (C=O) groups excluding carboxylic acids is 2. The molecule has 4 heterocycles. The summed E-state index contributed by atoms with van der Waals surface area (Å²) in [5.74, 6) is -8.46. The summed E-state index contributed by atoms with van der Waals surface area (Å²) in [5.41, 5.74) is 0.116. The fourth-order valence-corrected chi connectivity index (χ4v) is 6.03. The molecule has 3 fully saturated rings. The Kier molecular flexibility index (Phi) is 9.81. The molecule has 2 N–H and O–H groups in total. The lowest BCUT2D eigenvalue weighted by Gasteiger charge is -2.51. The van der Waals surface area contributed by atoms with Crippen molar-refractivity contribution in [3.8, 4) is 0 Å². The average molecular weight is 624 g/mol. The van der Waals surface area contributed by atoms with Crippen molar-refractivity contribution in [2.45, 2.75) is 25.5 Å². The van der Waals surface area contributed by atoms with Crippen LogP contribution in [-0.4, -0.2) is 70.8 Å². The van der Waals surface area contributed by atoms with Crippen LogP contribution in [0.1, 0.15) is 28.1 Å². The van der Waals surface area contributed by atoms with Gasteiger partial charge >= 0.3 is 18.0 Å². The first-order valence-corrected chi connectivity index (χ1v) is 14.0. The molecular formula is C29H27F4N2O7S+. The van der Waals surface area contributed by atoms with Crippen LogP contribution in [0.4, 0.5) is 28.0 Å². The zero-order valence-electron chi connectivity index (χ0n) is 22.6. The Bertz CT molecular complexity index is 1480. The monoisotopic (exact) mass is 623 g/mol. The normalized spacial score (nSPS) is 20.5. The fourth-order valence-electron chi connectivity index (χ4n) is 5.38. The Morgan fingerprint density at radius 2 is 1.58 bits per heavy atom. The van der Waals surface area contributed by atoms with Gasteiger partial charge in [0.15, 0.2) is 23.6 Å². The lowest BCUT2D eigenvalue weighted by atomic mass is 9.83. The Hall–Kier alpha value is -4.30. The molecular weight excluding hydrogens is 596 g/mol. The third-order valence-electron chi connectivity index (χ3n) is 7.48. The number of carboxylic acid groups (broad SMARTS) is 2. The first kappa shape index (κ1) is 31.6. The first-order chi connectivity index (χ1) is 20.4. The van der Waals surface area contributed by atoms with Crippen molar-refractivity contribution in [2.24, 2.45) is 5.92 Å². The van der Waals surface area contributed by atoms with Crippen LogP contribution in [0.25, 0.3) is 0 Å². The van der Waals surface area contributed by atoms with Crippen LogP contribution in [0.5, 0.6) is 0 Å². The van der Waals surface area contributed by atoms with Gasteiger partial charge in [-0.3, -0.25) is 9.69 Å². The highest BCUT2D eigenvalue weighted by atomic mass is 32.1. The van der Waals surface area contributed by atoms with Crippen molar-refractivity contribution < 1.29 is 56.2 Å². The Morgan fingerprint density at radius 3 is 2.14 bits per heavy atom. The second-order valence-corrected chi connectivity index (χ2v) is 11.3. The average Bonchev–Trinajstić information content (AvgIpc) is 3.51. The highest BCUT2D eigenvalue weighted by Crippen LogP contribution is 2.36. The molecule has 0 spiro atoms. The molecule has 14 heteroatoms. The van der Waals surface area contributed by atoms with Gasteiger partial charge in [-0.25, -0.2) is 31.9 Å². The Balaban J connectivity index is 0.000000641. The third kappa shape index (κ3) is 7.76. The molecule has 228 valence electrons. The number of aliphatic carboxylic acids is 2. The third-order valence-corrected chi connectivity index (χ3v) is 8.39. The van der Waals surface area contributed by atoms with E-state index in [0.29, 0.717) is 22.4 Å². The summed E-state index contributed by atoms with van der Waals surface area (Å²) < 4.78 is 61.6. The summed E-state index contributed by atoms with van der Waals surface area (Å²) in [7, 11) is 0. The number of anilines is 1. The highest BCUT2D eigenvalue weighted by Gasteiger charge is 2.49. The number of piperidine rings is 3. The number of hydrogen-bond acceptors (Lipinski definition) is 6. The van der Waals surface area contributed by atoms with Gasteiger partial charge in [0.05, 0.1) is 30.2 Å². The number of quaternary nitrogens is 1. The molecule has 3 aromatic rings. The van der Waals surface area contributed by atoms with Crippen molar-refractivity contribution >= 4 is 40.8 Å². The number of benzene rings is 2. The summed E-state index contributed by atoms with van der Waals surface area (Å²) in [6, 6.07) is 10.4. The van der Waals surface area contributed by atoms with Crippen LogP contribution < -0.4 is 4.90 Å². The van der Waals surface area contributed by atoms with Crippen molar-refractivity contribution in [3.05, 3.63) is 87.6 Å². The quantitative estimate of drug-likeness (QED) is 0.124. The van der Waals surface area contributed by atoms with E-state index < -0.39 is 47.4 Å². The molecule has 3 aliphatic heterocycles. The van der Waals surface area contributed by atoms with Crippen molar-refractivity contribution in [3.63, 3.8) is 0 Å². The lowest BCUT2D eigenvalue weighted by molar-refractivity contribution is -0.938. The van der Waals surface area contributed by atoms with E-state index in [1.807, 2.05) is 11.4 Å². The van der Waals surface area contributed by atoms with Crippen LogP contribution in [-0.2, 0) is 20.9 Å². The zero-order valence-corrected chi connectivity index (χ0v) is 23.4. The molecule has 2 aromatic carbocycles. The number of nitrogens with zero attached hydrogens (tertiary/aromatic N) is 2. The maximum Gasteiger partial charge on any atom is 0.415 e. The first-order valence-electron chi connectivity index (χ1n) is 13.1. The molecule has 1 atom stereocenters. The topological polar surface area (TPSA) is 121 Å². The van der Waals surface area contributed by atoms with Gasteiger partial charge in [-0.15, -0.1) is 11.3 Å². The molecule has 1 aromatic heterocycles. The number of halogens is 4. The van der Waals surface area contributed by atoms with Crippen LogP contribution in [0, 0.1) is 29.2 Å². The summed E-state index contributed by atoms with van der Waals surface area (Å²) in [5, 5.41) is 16.6. The molecule has 0 radical (unpaired) electrons. The summed E-state index contributed by atoms with van der Waals surface area (Å²) in [4.78, 5) is 46.2. The Labute approximate surface area is 247 Å². The van der Waals surface area contributed by atoms with E-state index in [2.05, 4.69) is 0 Å². The fraction of sp³-hybridized carbons (Fsp3) is 0.310. The molecule has 43 heavy (non-hydrogen) atoms. The zero-order chi connectivity index (χ0) is 31.3. The van der Waals surface area contributed by atoms with Gasteiger partial charge in [0, 0.05) is 18.8 Å². The Morgan fingerprint density at radius 1 is 0.930 bits per heavy atom. The molecule has 2 bridgehead atoms. The van der Waals surface area contributed by atoms with Gasteiger partial charge in [-0.05, 0) is 47.3 Å². The van der Waals surface area contributed by atoms with E-state index in [9.17, 15) is 27.2 Å². The van der Waals surface area contributed by atoms with Crippen molar-refractivity contribution in [2.75, 3.05) is 31.1 Å². The van der Waals surface area contributed by atoms with Crippen molar-refractivity contribution in [1.82, 2.24) is 0 Å². The predicted molar refractivity (Wildman–Crippen MR) is 146 cm³/mol. The number of ether oxygens (including phenoxy) is 1. The molecule has 0 aliphatic carbocycles. The molecule has 0 saturated carbocycles. The van der Waals surface area contributed by atoms with Crippen LogP contribution in [0.2, 0.25) is 0 Å². The van der Waals surface area contributed by atoms with E-state index in [4.69, 9.17) is 24.5 Å². The van der Waals surface area contributed by atoms with E-state index in [0.717, 1.165) is 49.0 Å². The summed E-state index contributed by atoms with van der Waals surface area (Å²) in [6.07, 6.45) is 0.315. The molecule has 6 rings (SSSR count). The van der Waals surface area contributed by atoms with Gasteiger partial charge in [0.1, 0.15) is 18.9 Å². The number of hydrogen-bond donors (Lipinski definition) is 2. The number of carbonyl (C=O) groups is 4. The van der Waals surface area contributed by atoms with E-state index >= 15 is 0 Å². The number of Topliss-reactive ketones (excluding diaryl/α,β-unsaturated/α-hetero) is 1. The van der Waals surface area contributed by atoms with E-state index in [1.54, 1.807) is 6.07 Å². The number of fused-ring (bicyclic) bond motifs is 3. The van der Waals surface area contributed by atoms with Gasteiger partial charge < -0.3 is 19.4 Å². The van der Waals surface area contributed by atoms with Crippen LogP contribution in [0.3, 0.4) is 0 Å².